The van der Waals surface area contributed by atoms with E-state index in [0.29, 0.717) is 16.4 Å². The number of carbonyl (C=O) groups excluding carboxylic acids is 2. The normalized spacial score (nSPS) is 13.1. The Morgan fingerprint density at radius 1 is 1.14 bits per heavy atom. The van der Waals surface area contributed by atoms with E-state index in [1.165, 1.54) is 11.8 Å². The van der Waals surface area contributed by atoms with Crippen molar-refractivity contribution in [1.82, 2.24) is 25.5 Å². The monoisotopic (exact) mass is 408 g/mol. The third-order valence-electron chi connectivity index (χ3n) is 4.41. The van der Waals surface area contributed by atoms with Crippen molar-refractivity contribution in [3.63, 3.8) is 0 Å². The van der Waals surface area contributed by atoms with Crippen molar-refractivity contribution in [2.45, 2.75) is 31.0 Å². The molecule has 8 nitrogen and oxygen atoms in total. The molecule has 9 heteroatoms. The summed E-state index contributed by atoms with van der Waals surface area (Å²) in [5.74, 6) is -0.287. The number of tetrazole rings is 1. The Bertz CT molecular complexity index is 1030. The molecule has 1 aliphatic rings. The Balaban J connectivity index is 1.40. The topological polar surface area (TPSA) is 102 Å². The number of hydrogen-bond donors (Lipinski definition) is 2. The predicted molar refractivity (Wildman–Crippen MR) is 110 cm³/mol. The van der Waals surface area contributed by atoms with Crippen LogP contribution in [0.4, 0.5) is 5.69 Å². The van der Waals surface area contributed by atoms with Gasteiger partial charge in [0, 0.05) is 6.04 Å². The van der Waals surface area contributed by atoms with Crippen molar-refractivity contribution in [2.24, 2.45) is 0 Å². The van der Waals surface area contributed by atoms with E-state index in [2.05, 4.69) is 26.2 Å². The van der Waals surface area contributed by atoms with E-state index in [-0.39, 0.29) is 23.6 Å². The lowest BCUT2D eigenvalue weighted by atomic mass is 10.1. The summed E-state index contributed by atoms with van der Waals surface area (Å²) in [6, 6.07) is 15.0. The number of hydrogen-bond acceptors (Lipinski definition) is 6. The fourth-order valence-corrected chi connectivity index (χ4v) is 3.41. The van der Waals surface area contributed by atoms with Gasteiger partial charge in [0.25, 0.3) is 5.91 Å². The van der Waals surface area contributed by atoms with Crippen LogP contribution in [0.25, 0.3) is 5.69 Å². The Morgan fingerprint density at radius 3 is 2.66 bits per heavy atom. The molecule has 148 valence electrons. The summed E-state index contributed by atoms with van der Waals surface area (Å²) >= 11 is 1.23. The Morgan fingerprint density at radius 2 is 1.90 bits per heavy atom. The predicted octanol–water partition coefficient (Wildman–Crippen LogP) is 2.59. The van der Waals surface area contributed by atoms with Crippen LogP contribution in [-0.4, -0.2) is 43.8 Å². The zero-order valence-electron chi connectivity index (χ0n) is 15.8. The lowest BCUT2D eigenvalue weighted by Gasteiger charge is -2.11. The minimum Gasteiger partial charge on any atom is -0.349 e. The number of carbonyl (C=O) groups is 2. The highest BCUT2D eigenvalue weighted by Gasteiger charge is 2.25. The summed E-state index contributed by atoms with van der Waals surface area (Å²) in [5, 5.41) is 18.0. The molecule has 29 heavy (non-hydrogen) atoms. The Labute approximate surface area is 172 Å². The lowest BCUT2D eigenvalue weighted by Crippen LogP contribution is -2.27. The summed E-state index contributed by atoms with van der Waals surface area (Å²) in [5.41, 5.74) is 2.92. The van der Waals surface area contributed by atoms with E-state index in [1.807, 2.05) is 31.2 Å². The average Bonchev–Trinajstić information content (AvgIpc) is 3.41. The van der Waals surface area contributed by atoms with Crippen molar-refractivity contribution in [3.05, 3.63) is 59.7 Å². The highest BCUT2D eigenvalue weighted by molar-refractivity contribution is 7.99. The first kappa shape index (κ1) is 19.1. The van der Waals surface area contributed by atoms with Gasteiger partial charge in [0.05, 0.1) is 22.7 Å². The molecule has 2 N–H and O–H groups in total. The van der Waals surface area contributed by atoms with Crippen molar-refractivity contribution < 1.29 is 9.59 Å². The Kier molecular flexibility index (Phi) is 5.57. The molecule has 0 aliphatic heterocycles. The van der Waals surface area contributed by atoms with Crippen LogP contribution in [-0.2, 0) is 4.79 Å². The molecule has 0 unspecified atom stereocenters. The number of rotatable bonds is 7. The number of aromatic nitrogens is 4. The number of thioether (sulfide) groups is 1. The van der Waals surface area contributed by atoms with Gasteiger partial charge in [0.15, 0.2) is 0 Å². The smallest absolute Gasteiger partial charge is 0.253 e. The summed E-state index contributed by atoms with van der Waals surface area (Å²) in [6.45, 7) is 2.01. The molecule has 0 bridgehead atoms. The van der Waals surface area contributed by atoms with E-state index in [1.54, 1.807) is 28.9 Å². The first-order chi connectivity index (χ1) is 14.1. The van der Waals surface area contributed by atoms with E-state index in [4.69, 9.17) is 0 Å². The molecule has 1 heterocycles. The highest BCUT2D eigenvalue weighted by Crippen LogP contribution is 2.22. The van der Waals surface area contributed by atoms with Crippen molar-refractivity contribution in [1.29, 1.82) is 0 Å². The third kappa shape index (κ3) is 4.80. The fraction of sp³-hybridized carbons (Fsp3) is 0.250. The van der Waals surface area contributed by atoms with Crippen molar-refractivity contribution in [3.8, 4) is 5.69 Å². The van der Waals surface area contributed by atoms with Gasteiger partial charge in [0.1, 0.15) is 0 Å². The van der Waals surface area contributed by atoms with E-state index >= 15 is 0 Å². The SMILES string of the molecule is Cc1ccc(-n2nnnc2SCC(=O)Nc2ccccc2C(=O)NC2CC2)cc1. The number of anilines is 1. The summed E-state index contributed by atoms with van der Waals surface area (Å²) in [4.78, 5) is 24.8. The minimum absolute atomic E-state index is 0.116. The maximum Gasteiger partial charge on any atom is 0.253 e. The first-order valence-electron chi connectivity index (χ1n) is 9.28. The molecule has 4 rings (SSSR count). The summed E-state index contributed by atoms with van der Waals surface area (Å²) in [7, 11) is 0. The maximum atomic E-state index is 12.5. The second-order valence-electron chi connectivity index (χ2n) is 6.84. The maximum absolute atomic E-state index is 12.5. The van der Waals surface area contributed by atoms with Crippen molar-refractivity contribution in [2.75, 3.05) is 11.1 Å². The molecular weight excluding hydrogens is 388 g/mol. The minimum atomic E-state index is -0.236. The zero-order chi connectivity index (χ0) is 20.2. The van der Waals surface area contributed by atoms with Gasteiger partial charge in [-0.3, -0.25) is 9.59 Å². The molecule has 0 spiro atoms. The average molecular weight is 408 g/mol. The quantitative estimate of drug-likeness (QED) is 0.583. The third-order valence-corrected chi connectivity index (χ3v) is 5.33. The van der Waals surface area contributed by atoms with Crippen LogP contribution in [0.1, 0.15) is 28.8 Å². The second-order valence-corrected chi connectivity index (χ2v) is 7.78. The molecule has 3 aromatic rings. The summed E-state index contributed by atoms with van der Waals surface area (Å²) < 4.78 is 1.59. The molecule has 2 amide bonds. The molecule has 1 aromatic heterocycles. The first-order valence-corrected chi connectivity index (χ1v) is 10.3. The Hall–Kier alpha value is -3.20. The number of amides is 2. The van der Waals surface area contributed by atoms with Crippen LogP contribution in [0.5, 0.6) is 0 Å². The van der Waals surface area contributed by atoms with Crippen LogP contribution in [0.15, 0.2) is 53.7 Å². The zero-order valence-corrected chi connectivity index (χ0v) is 16.6. The van der Waals surface area contributed by atoms with Crippen LogP contribution < -0.4 is 10.6 Å². The van der Waals surface area contributed by atoms with Gasteiger partial charge in [-0.2, -0.15) is 4.68 Å². The van der Waals surface area contributed by atoms with Gasteiger partial charge in [-0.15, -0.1) is 5.10 Å². The number of nitrogens with one attached hydrogen (secondary N) is 2. The summed E-state index contributed by atoms with van der Waals surface area (Å²) in [6.07, 6.45) is 2.01. The van der Waals surface area contributed by atoms with Crippen molar-refractivity contribution >= 4 is 29.3 Å². The molecular formula is C20H20N6O2S. The highest BCUT2D eigenvalue weighted by atomic mass is 32.2. The van der Waals surface area contributed by atoms with Gasteiger partial charge >= 0.3 is 0 Å². The molecule has 0 saturated heterocycles. The van der Waals surface area contributed by atoms with E-state index < -0.39 is 0 Å². The van der Waals surface area contributed by atoms with E-state index in [0.717, 1.165) is 24.1 Å². The second kappa shape index (κ2) is 8.44. The van der Waals surface area contributed by atoms with Gasteiger partial charge in [-0.25, -0.2) is 0 Å². The molecule has 0 atom stereocenters. The van der Waals surface area contributed by atoms with Crippen LogP contribution in [0.3, 0.4) is 0 Å². The lowest BCUT2D eigenvalue weighted by molar-refractivity contribution is -0.113. The largest absolute Gasteiger partial charge is 0.349 e. The number of para-hydroxylation sites is 1. The molecule has 1 fully saturated rings. The van der Waals surface area contributed by atoms with Gasteiger partial charge in [-0.1, -0.05) is 41.6 Å². The van der Waals surface area contributed by atoms with E-state index in [9.17, 15) is 9.59 Å². The van der Waals surface area contributed by atoms with Gasteiger partial charge in [0.2, 0.25) is 11.1 Å². The van der Waals surface area contributed by atoms with Gasteiger partial charge < -0.3 is 10.6 Å². The van der Waals surface area contributed by atoms with Crippen LogP contribution in [0, 0.1) is 6.92 Å². The standard InChI is InChI=1S/C20H20N6O2S/c1-13-6-10-15(11-7-13)26-20(23-24-25-26)29-12-18(27)22-17-5-3-2-4-16(17)19(28)21-14-8-9-14/h2-7,10-11,14H,8-9,12H2,1H3,(H,21,28)(H,22,27). The van der Waals surface area contributed by atoms with Crippen LogP contribution >= 0.6 is 11.8 Å². The fourth-order valence-electron chi connectivity index (χ4n) is 2.71. The molecule has 2 aromatic carbocycles. The van der Waals surface area contributed by atoms with Gasteiger partial charge in [-0.05, 0) is 54.5 Å². The number of benzene rings is 2. The van der Waals surface area contributed by atoms with Crippen LogP contribution in [0.2, 0.25) is 0 Å². The molecule has 0 radical (unpaired) electrons. The number of aryl methyl sites for hydroxylation is 1. The molecule has 1 aliphatic carbocycles. The molecule has 1 saturated carbocycles. The number of nitrogens with zero attached hydrogens (tertiary/aromatic N) is 4.